The third kappa shape index (κ3) is 3.55. The first-order chi connectivity index (χ1) is 13.3. The Morgan fingerprint density at radius 1 is 1.11 bits per heavy atom. The van der Waals surface area contributed by atoms with E-state index in [4.69, 9.17) is 11.6 Å². The van der Waals surface area contributed by atoms with Crippen molar-refractivity contribution >= 4 is 40.6 Å². The summed E-state index contributed by atoms with van der Waals surface area (Å²) in [7, 11) is 0. The fourth-order valence-electron chi connectivity index (χ4n) is 2.77. The number of carboxylic acids is 2. The Morgan fingerprint density at radius 2 is 1.79 bits per heavy atom. The van der Waals surface area contributed by atoms with Crippen molar-refractivity contribution in [2.24, 2.45) is 4.99 Å². The molecule has 2 aromatic rings. The van der Waals surface area contributed by atoms with E-state index in [0.717, 1.165) is 0 Å². The second kappa shape index (κ2) is 7.49. The molecule has 0 fully saturated rings. The van der Waals surface area contributed by atoms with Crippen molar-refractivity contribution in [1.82, 2.24) is 0 Å². The number of rotatable bonds is 4. The van der Waals surface area contributed by atoms with Crippen LogP contribution in [0.25, 0.3) is 0 Å². The van der Waals surface area contributed by atoms with Gasteiger partial charge in [-0.25, -0.2) is 9.59 Å². The summed E-state index contributed by atoms with van der Waals surface area (Å²) in [5.41, 5.74) is 0.0994. The van der Waals surface area contributed by atoms with E-state index in [9.17, 15) is 29.9 Å². The molecule has 0 spiro atoms. The summed E-state index contributed by atoms with van der Waals surface area (Å²) in [5, 5.41) is 32.8. The number of hydrogen-bond donors (Lipinski definition) is 3. The zero-order chi connectivity index (χ0) is 20.4. The van der Waals surface area contributed by atoms with Gasteiger partial charge < -0.3 is 15.5 Å². The van der Waals surface area contributed by atoms with Crippen molar-refractivity contribution in [3.8, 4) is 0 Å². The minimum atomic E-state index is -1.63. The Bertz CT molecular complexity index is 1060. The van der Waals surface area contributed by atoms with E-state index in [-0.39, 0.29) is 29.3 Å². The highest BCUT2D eigenvalue weighted by Gasteiger charge is 2.27. The number of benzodiazepines with no additional fused rings is 1. The summed E-state index contributed by atoms with van der Waals surface area (Å²) in [4.78, 5) is 37.7. The van der Waals surface area contributed by atoms with Crippen molar-refractivity contribution in [3.05, 3.63) is 80.0 Å². The number of carboxylic acid groups (broad SMARTS) is 2. The molecule has 0 saturated carbocycles. The van der Waals surface area contributed by atoms with Gasteiger partial charge in [0.15, 0.2) is 5.57 Å². The first-order valence-corrected chi connectivity index (χ1v) is 8.22. The van der Waals surface area contributed by atoms with Gasteiger partial charge >= 0.3 is 11.9 Å². The molecule has 1 aliphatic heterocycles. The normalized spacial score (nSPS) is 12.9. The van der Waals surface area contributed by atoms with Crippen molar-refractivity contribution in [1.29, 1.82) is 0 Å². The van der Waals surface area contributed by atoms with Crippen LogP contribution in [0.3, 0.4) is 0 Å². The molecule has 9 nitrogen and oxygen atoms in total. The van der Waals surface area contributed by atoms with Gasteiger partial charge in [-0.1, -0.05) is 29.8 Å². The number of halogens is 1. The molecule has 0 aromatic heterocycles. The van der Waals surface area contributed by atoms with Crippen LogP contribution in [0.15, 0.2) is 58.7 Å². The zero-order valence-electron chi connectivity index (χ0n) is 14.0. The van der Waals surface area contributed by atoms with Gasteiger partial charge in [0.2, 0.25) is 0 Å². The molecule has 0 amide bonds. The molecule has 142 valence electrons. The highest BCUT2D eigenvalue weighted by atomic mass is 35.5. The van der Waals surface area contributed by atoms with Gasteiger partial charge in [0, 0.05) is 34.0 Å². The molecular weight excluding hydrogens is 390 g/mol. The van der Waals surface area contributed by atoms with Crippen LogP contribution >= 0.6 is 11.6 Å². The van der Waals surface area contributed by atoms with Gasteiger partial charge in [0.1, 0.15) is 0 Å². The molecule has 0 bridgehead atoms. The molecule has 2 aromatic carbocycles. The molecule has 0 saturated heterocycles. The fraction of sp³-hybridized carbons (Fsp3) is 0.0556. The highest BCUT2D eigenvalue weighted by Crippen LogP contribution is 2.31. The van der Waals surface area contributed by atoms with Crippen LogP contribution in [-0.2, 0) is 9.59 Å². The smallest absolute Gasteiger partial charge is 0.345 e. The number of nitro groups is 1. The van der Waals surface area contributed by atoms with Gasteiger partial charge in [-0.3, -0.25) is 15.1 Å². The minimum absolute atomic E-state index is 0.155. The fourth-order valence-corrected chi connectivity index (χ4v) is 3.00. The monoisotopic (exact) mass is 401 g/mol. The maximum absolute atomic E-state index is 11.4. The second-order valence-electron chi connectivity index (χ2n) is 5.72. The molecular formula is C18H12ClN3O6. The predicted octanol–water partition coefficient (Wildman–Crippen LogP) is 2.93. The number of non-ortho nitro benzene ring substituents is 1. The Balaban J connectivity index is 2.29. The molecule has 0 radical (unpaired) electrons. The Labute approximate surface area is 162 Å². The topological polar surface area (TPSA) is 142 Å². The Kier molecular flexibility index (Phi) is 5.10. The molecule has 3 N–H and O–H groups in total. The van der Waals surface area contributed by atoms with Crippen LogP contribution in [0.4, 0.5) is 11.4 Å². The lowest BCUT2D eigenvalue weighted by Crippen LogP contribution is -2.19. The van der Waals surface area contributed by atoms with Crippen LogP contribution < -0.4 is 5.32 Å². The van der Waals surface area contributed by atoms with E-state index in [2.05, 4.69) is 10.3 Å². The molecule has 0 aliphatic carbocycles. The van der Waals surface area contributed by atoms with E-state index in [1.54, 1.807) is 24.3 Å². The first kappa shape index (κ1) is 19.1. The maximum atomic E-state index is 11.4. The summed E-state index contributed by atoms with van der Waals surface area (Å²) in [6.45, 7) is -0.295. The predicted molar refractivity (Wildman–Crippen MR) is 101 cm³/mol. The lowest BCUT2D eigenvalue weighted by Gasteiger charge is -2.12. The Morgan fingerprint density at radius 3 is 2.39 bits per heavy atom. The number of anilines is 1. The number of aliphatic imine (C=N–C) groups is 1. The molecule has 3 rings (SSSR count). The standard InChI is InChI=1S/C18H12ClN3O6/c19-12-4-2-1-3-10(12)16-11-7-9(22(27)28)5-6-13(11)21-14(8-20-16)15(17(23)24)18(25)26/h1-7,21H,8H2,(H,23,24)(H,25,26). The Hall–Kier alpha value is -3.72. The quantitative estimate of drug-likeness (QED) is 0.235. The number of nitrogens with one attached hydrogen (secondary N) is 1. The lowest BCUT2D eigenvalue weighted by molar-refractivity contribution is -0.384. The van der Waals surface area contributed by atoms with Crippen LogP contribution in [0.2, 0.25) is 5.02 Å². The number of nitrogens with zero attached hydrogens (tertiary/aromatic N) is 2. The summed E-state index contributed by atoms with van der Waals surface area (Å²) < 4.78 is 0. The molecule has 28 heavy (non-hydrogen) atoms. The second-order valence-corrected chi connectivity index (χ2v) is 6.13. The van der Waals surface area contributed by atoms with Crippen molar-refractivity contribution in [2.75, 3.05) is 11.9 Å². The molecule has 10 heteroatoms. The highest BCUT2D eigenvalue weighted by molar-refractivity contribution is 6.36. The average molecular weight is 402 g/mol. The number of nitro benzene ring substituents is 1. The van der Waals surface area contributed by atoms with E-state index >= 15 is 0 Å². The summed E-state index contributed by atoms with van der Waals surface area (Å²) in [5.74, 6) is -3.26. The van der Waals surface area contributed by atoms with E-state index in [1.807, 2.05) is 0 Å². The summed E-state index contributed by atoms with van der Waals surface area (Å²) >= 11 is 6.24. The van der Waals surface area contributed by atoms with E-state index in [1.165, 1.54) is 18.2 Å². The number of hydrogen-bond acceptors (Lipinski definition) is 6. The molecule has 0 atom stereocenters. The van der Waals surface area contributed by atoms with Gasteiger partial charge in [0.25, 0.3) is 5.69 Å². The van der Waals surface area contributed by atoms with Crippen LogP contribution in [0, 0.1) is 10.1 Å². The van der Waals surface area contributed by atoms with Crippen LogP contribution in [0.5, 0.6) is 0 Å². The van der Waals surface area contributed by atoms with Gasteiger partial charge in [-0.2, -0.15) is 0 Å². The number of carbonyl (C=O) groups is 2. The largest absolute Gasteiger partial charge is 0.477 e. The van der Waals surface area contributed by atoms with Crippen molar-refractivity contribution in [3.63, 3.8) is 0 Å². The third-order valence-electron chi connectivity index (χ3n) is 4.01. The maximum Gasteiger partial charge on any atom is 0.345 e. The minimum Gasteiger partial charge on any atom is -0.477 e. The van der Waals surface area contributed by atoms with Crippen LogP contribution in [0.1, 0.15) is 11.1 Å². The van der Waals surface area contributed by atoms with E-state index in [0.29, 0.717) is 16.1 Å². The number of aliphatic carboxylic acids is 2. The number of benzene rings is 2. The SMILES string of the molecule is O=C(O)C(C(=O)O)=C1CN=C(c2ccccc2Cl)c2cc([N+](=O)[O-])ccc2N1. The first-order valence-electron chi connectivity index (χ1n) is 7.84. The van der Waals surface area contributed by atoms with Gasteiger partial charge in [-0.05, 0) is 12.1 Å². The van der Waals surface area contributed by atoms with Gasteiger partial charge in [0.05, 0.1) is 22.9 Å². The van der Waals surface area contributed by atoms with Crippen molar-refractivity contribution < 1.29 is 24.7 Å². The summed E-state index contributed by atoms with van der Waals surface area (Å²) in [6.07, 6.45) is 0. The summed E-state index contributed by atoms with van der Waals surface area (Å²) in [6, 6.07) is 10.5. The average Bonchev–Trinajstić information content (AvgIpc) is 2.80. The van der Waals surface area contributed by atoms with E-state index < -0.39 is 22.4 Å². The number of fused-ring (bicyclic) bond motifs is 1. The zero-order valence-corrected chi connectivity index (χ0v) is 14.8. The molecule has 0 unspecified atom stereocenters. The van der Waals surface area contributed by atoms with Crippen LogP contribution in [-0.4, -0.2) is 39.3 Å². The molecule has 1 heterocycles. The van der Waals surface area contributed by atoms with Crippen molar-refractivity contribution in [2.45, 2.75) is 0 Å². The lowest BCUT2D eigenvalue weighted by atomic mass is 10.00. The van der Waals surface area contributed by atoms with Gasteiger partial charge in [-0.15, -0.1) is 0 Å². The molecule has 1 aliphatic rings. The third-order valence-corrected chi connectivity index (χ3v) is 4.34.